The van der Waals surface area contributed by atoms with Crippen molar-refractivity contribution in [3.63, 3.8) is 0 Å². The molecule has 2 aliphatic rings. The summed E-state index contributed by atoms with van der Waals surface area (Å²) in [5, 5.41) is 18.6. The van der Waals surface area contributed by atoms with Crippen LogP contribution in [0.3, 0.4) is 0 Å². The molecule has 2 atom stereocenters. The van der Waals surface area contributed by atoms with E-state index in [4.69, 9.17) is 9.41 Å². The fraction of sp³-hybridized carbons (Fsp3) is 0.0612. The summed E-state index contributed by atoms with van der Waals surface area (Å²) in [6.45, 7) is 0.529. The van der Waals surface area contributed by atoms with E-state index in [2.05, 4.69) is 178 Å². The topological polar surface area (TPSA) is 66.8 Å². The molecule has 0 radical (unpaired) electrons. The molecule has 6 heteroatoms. The molecular weight excluding hydrogens is 675 g/mol. The van der Waals surface area contributed by atoms with Gasteiger partial charge in [-0.25, -0.2) is 4.99 Å². The third kappa shape index (κ3) is 4.59. The van der Waals surface area contributed by atoms with Gasteiger partial charge in [0.05, 0.1) is 28.8 Å². The second-order valence-electron chi connectivity index (χ2n) is 14.6. The molecule has 260 valence electrons. The van der Waals surface area contributed by atoms with E-state index >= 15 is 0 Å². The molecule has 4 heterocycles. The highest BCUT2D eigenvalue weighted by Crippen LogP contribution is 2.41. The van der Waals surface area contributed by atoms with Crippen molar-refractivity contribution in [3.8, 4) is 5.69 Å². The third-order valence-electron chi connectivity index (χ3n) is 11.5. The first-order valence-corrected chi connectivity index (χ1v) is 18.8. The second kappa shape index (κ2) is 11.7. The zero-order valence-electron chi connectivity index (χ0n) is 29.7. The summed E-state index contributed by atoms with van der Waals surface area (Å²) in [5.41, 5.74) is 8.39. The van der Waals surface area contributed by atoms with Crippen LogP contribution < -0.4 is 10.6 Å². The number of furan rings is 1. The highest BCUT2D eigenvalue weighted by molar-refractivity contribution is 6.19. The van der Waals surface area contributed by atoms with E-state index in [0.29, 0.717) is 6.54 Å². The molecule has 0 bridgehead atoms. The van der Waals surface area contributed by atoms with Crippen molar-refractivity contribution in [2.75, 3.05) is 0 Å². The van der Waals surface area contributed by atoms with Gasteiger partial charge in [0.25, 0.3) is 0 Å². The Hall–Kier alpha value is -7.02. The number of aromatic nitrogens is 1. The molecule has 10 aromatic rings. The standard InChI is InChI=1S/C49H33N5O/c1-2-12-30-25-32(22-21-29(30)11-1)47-51-48(38-26-31-13-3-4-14-33(31)34-15-5-6-16-35(34)38)53-49(52-47)46-42(23-24-43-45(46)39-27-50-28-44(39)55-43)54-40-19-9-7-17-36(40)37-18-8-10-20-41(37)54/h1-27,47-48,51H,28H2,(H,52,53). The van der Waals surface area contributed by atoms with Gasteiger partial charge in [0.1, 0.15) is 29.5 Å². The van der Waals surface area contributed by atoms with Gasteiger partial charge in [0.15, 0.2) is 0 Å². The number of hydrogen-bond donors (Lipinski definition) is 2. The first-order chi connectivity index (χ1) is 27.3. The Morgan fingerprint density at radius 3 is 2.07 bits per heavy atom. The van der Waals surface area contributed by atoms with E-state index in [-0.39, 0.29) is 12.3 Å². The minimum Gasteiger partial charge on any atom is -0.458 e. The summed E-state index contributed by atoms with van der Waals surface area (Å²) >= 11 is 0. The number of para-hydroxylation sites is 2. The Balaban J connectivity index is 1.16. The van der Waals surface area contributed by atoms with E-state index in [0.717, 1.165) is 61.5 Å². The average molecular weight is 708 g/mol. The van der Waals surface area contributed by atoms with Gasteiger partial charge < -0.3 is 14.3 Å². The van der Waals surface area contributed by atoms with Crippen molar-refractivity contribution in [2.24, 2.45) is 9.98 Å². The summed E-state index contributed by atoms with van der Waals surface area (Å²) in [6.07, 6.45) is 1.33. The number of hydrogen-bond acceptors (Lipinski definition) is 5. The van der Waals surface area contributed by atoms with E-state index in [1.165, 1.54) is 43.1 Å². The van der Waals surface area contributed by atoms with Crippen LogP contribution in [0.4, 0.5) is 0 Å². The minimum absolute atomic E-state index is 0.284. The fourth-order valence-corrected chi connectivity index (χ4v) is 9.05. The lowest BCUT2D eigenvalue weighted by Gasteiger charge is -2.34. The number of fused-ring (bicyclic) bond motifs is 10. The van der Waals surface area contributed by atoms with Crippen molar-refractivity contribution in [2.45, 2.75) is 18.9 Å². The predicted octanol–water partition coefficient (Wildman–Crippen LogP) is 11.3. The number of nitrogens with zero attached hydrogens (tertiary/aromatic N) is 3. The van der Waals surface area contributed by atoms with Gasteiger partial charge >= 0.3 is 0 Å². The number of benzene rings is 8. The summed E-state index contributed by atoms with van der Waals surface area (Å²) < 4.78 is 8.93. The van der Waals surface area contributed by atoms with Crippen LogP contribution in [0.15, 0.2) is 172 Å². The molecule has 12 rings (SSSR count). The van der Waals surface area contributed by atoms with Crippen LogP contribution in [0, 0.1) is 0 Å². The molecule has 55 heavy (non-hydrogen) atoms. The Morgan fingerprint density at radius 1 is 0.600 bits per heavy atom. The Bertz CT molecular complexity index is 3220. The molecule has 0 fully saturated rings. The number of aliphatic imine (C=N–C) groups is 2. The first-order valence-electron chi connectivity index (χ1n) is 18.8. The van der Waals surface area contributed by atoms with Crippen LogP contribution in [0.1, 0.15) is 40.3 Å². The summed E-state index contributed by atoms with van der Waals surface area (Å²) in [6, 6.07) is 56.6. The Kier molecular flexibility index (Phi) is 6.50. The Morgan fingerprint density at radius 2 is 1.27 bits per heavy atom. The molecule has 2 aromatic heterocycles. The molecule has 6 nitrogen and oxygen atoms in total. The predicted molar refractivity (Wildman–Crippen MR) is 226 cm³/mol. The van der Waals surface area contributed by atoms with Gasteiger partial charge in [-0.3, -0.25) is 10.3 Å². The zero-order valence-corrected chi connectivity index (χ0v) is 29.7. The van der Waals surface area contributed by atoms with Gasteiger partial charge in [0, 0.05) is 27.9 Å². The van der Waals surface area contributed by atoms with E-state index in [1.54, 1.807) is 0 Å². The van der Waals surface area contributed by atoms with Crippen LogP contribution in [0.2, 0.25) is 0 Å². The molecule has 0 saturated carbocycles. The molecule has 0 spiro atoms. The zero-order chi connectivity index (χ0) is 36.0. The highest BCUT2D eigenvalue weighted by atomic mass is 16.3. The second-order valence-corrected chi connectivity index (χ2v) is 14.6. The molecule has 2 aliphatic heterocycles. The van der Waals surface area contributed by atoms with Gasteiger partial charge in [-0.15, -0.1) is 0 Å². The normalized spacial score (nSPS) is 16.8. The maximum Gasteiger partial charge on any atom is 0.135 e. The fourth-order valence-electron chi connectivity index (χ4n) is 9.05. The van der Waals surface area contributed by atoms with Crippen molar-refractivity contribution in [3.05, 3.63) is 186 Å². The smallest absolute Gasteiger partial charge is 0.135 e. The quantitative estimate of drug-likeness (QED) is 0.179. The van der Waals surface area contributed by atoms with Crippen molar-refractivity contribution in [1.29, 1.82) is 0 Å². The minimum atomic E-state index is -0.356. The summed E-state index contributed by atoms with van der Waals surface area (Å²) in [5.74, 6) is 1.68. The summed E-state index contributed by atoms with van der Waals surface area (Å²) in [4.78, 5) is 10.3. The molecule has 0 aliphatic carbocycles. The van der Waals surface area contributed by atoms with Gasteiger partial charge in [-0.05, 0) is 79.8 Å². The monoisotopic (exact) mass is 707 g/mol. The van der Waals surface area contributed by atoms with Crippen molar-refractivity contribution < 1.29 is 4.42 Å². The lowest BCUT2D eigenvalue weighted by atomic mass is 9.94. The van der Waals surface area contributed by atoms with Gasteiger partial charge in [-0.1, -0.05) is 121 Å². The highest BCUT2D eigenvalue weighted by Gasteiger charge is 2.32. The van der Waals surface area contributed by atoms with Crippen molar-refractivity contribution >= 4 is 77.1 Å². The summed E-state index contributed by atoms with van der Waals surface area (Å²) in [7, 11) is 0. The SMILES string of the molecule is C1=NCc2oc3ccc(-n4c5ccccc5c5ccccc54)c(C4=NC(c5ccc6ccccc6c5)NC(c5cc6ccccc6c6ccccc56)N4)c3c21. The largest absolute Gasteiger partial charge is 0.458 e. The van der Waals surface area contributed by atoms with Gasteiger partial charge in [0.2, 0.25) is 0 Å². The Labute approximate surface area is 316 Å². The van der Waals surface area contributed by atoms with Crippen molar-refractivity contribution in [1.82, 2.24) is 15.2 Å². The molecule has 2 unspecified atom stereocenters. The molecule has 0 saturated heterocycles. The first kappa shape index (κ1) is 30.4. The third-order valence-corrected chi connectivity index (χ3v) is 11.5. The maximum atomic E-state index is 6.53. The van der Waals surface area contributed by atoms with Crippen LogP contribution in [0.5, 0.6) is 0 Å². The van der Waals surface area contributed by atoms with Crippen LogP contribution in [-0.2, 0) is 6.54 Å². The number of amidine groups is 1. The molecular formula is C49H33N5O. The van der Waals surface area contributed by atoms with E-state index in [1.807, 2.05) is 6.21 Å². The van der Waals surface area contributed by atoms with E-state index in [9.17, 15) is 0 Å². The van der Waals surface area contributed by atoms with Crippen LogP contribution in [-0.4, -0.2) is 16.6 Å². The number of nitrogens with one attached hydrogen (secondary N) is 2. The maximum absolute atomic E-state index is 6.53. The van der Waals surface area contributed by atoms with E-state index < -0.39 is 0 Å². The lowest BCUT2D eigenvalue weighted by Crippen LogP contribution is -2.45. The molecule has 8 aromatic carbocycles. The van der Waals surface area contributed by atoms with Crippen LogP contribution >= 0.6 is 0 Å². The van der Waals surface area contributed by atoms with Crippen LogP contribution in [0.25, 0.3) is 70.8 Å². The van der Waals surface area contributed by atoms with Gasteiger partial charge in [-0.2, -0.15) is 0 Å². The molecule has 2 N–H and O–H groups in total. The molecule has 0 amide bonds. The average Bonchev–Trinajstić information content (AvgIpc) is 3.95. The lowest BCUT2D eigenvalue weighted by molar-refractivity contribution is 0.411. The number of rotatable bonds is 4.